The Morgan fingerprint density at radius 3 is 1.22 bits per heavy atom. The van der Waals surface area contributed by atoms with E-state index in [1.807, 2.05) is 0 Å². The van der Waals surface area contributed by atoms with E-state index in [-0.39, 0.29) is 24.5 Å². The van der Waals surface area contributed by atoms with E-state index in [9.17, 15) is 0 Å². The van der Waals surface area contributed by atoms with Gasteiger partial charge in [0.15, 0.2) is 0 Å². The van der Waals surface area contributed by atoms with Gasteiger partial charge in [0.2, 0.25) is 0 Å². The molecule has 15 rings (SSSR count). The predicted molar refractivity (Wildman–Crippen MR) is 328 cm³/mol. The molecule has 0 saturated heterocycles. The predicted octanol–water partition coefficient (Wildman–Crippen LogP) is 16.0. The Bertz CT molecular complexity index is 3970. The molecule has 0 N–H and O–H groups in total. The molecule has 6 heterocycles. The molecule has 11 aromatic rings. The first-order valence-corrected chi connectivity index (χ1v) is 28.3. The standard InChI is InChI=1S/C70H64B2N4/c1-9-11-21-43-35-53-49-27-19-29-61-65(49)71(75-59-33-31-45(69(3,4)5)39-51(59)55(37-43)67(53)75)57-41-58-64(42-63(57)73(61)47-23-15-13-16-24-47)74(48-25-17-14-18-26-48)62-30-20-28-50-54-36-44(22-12-10-2)38-56-52-40-46(70(6,7)8)32-34-60(52)76(68(54)56)72(58)66(50)62/h13-20,23-42H,9-12,21-22H2,1-8H3. The molecule has 4 nitrogen and oxygen atoms in total. The number of para-hydroxylation sites is 2. The third kappa shape index (κ3) is 6.39. The molecule has 76 heavy (non-hydrogen) atoms. The molecule has 9 aromatic carbocycles. The van der Waals surface area contributed by atoms with E-state index in [0.717, 1.165) is 12.8 Å². The molecule has 0 saturated carbocycles. The van der Waals surface area contributed by atoms with Crippen molar-refractivity contribution in [2.24, 2.45) is 0 Å². The average Bonchev–Trinajstić information content (AvgIpc) is 4.13. The summed E-state index contributed by atoms with van der Waals surface area (Å²) in [5.74, 6) is 0. The molecule has 0 aliphatic carbocycles. The summed E-state index contributed by atoms with van der Waals surface area (Å²) in [6, 6.07) is 66.9. The topological polar surface area (TPSA) is 16.3 Å². The van der Waals surface area contributed by atoms with Gasteiger partial charge in [-0.05, 0) is 183 Å². The van der Waals surface area contributed by atoms with Crippen molar-refractivity contribution >= 4 is 113 Å². The normalized spacial score (nSPS) is 14.0. The fourth-order valence-corrected chi connectivity index (χ4v) is 14.2. The first kappa shape index (κ1) is 45.7. The van der Waals surface area contributed by atoms with E-state index in [0.29, 0.717) is 0 Å². The highest BCUT2D eigenvalue weighted by atomic mass is 15.2. The lowest BCUT2D eigenvalue weighted by atomic mass is 9.41. The van der Waals surface area contributed by atoms with Crippen molar-refractivity contribution in [2.75, 3.05) is 9.80 Å². The summed E-state index contributed by atoms with van der Waals surface area (Å²) in [5, 5.41) is 5.46. The number of hydrogen-bond acceptors (Lipinski definition) is 2. The lowest BCUT2D eigenvalue weighted by molar-refractivity contribution is 0.591. The average molecular weight is 983 g/mol. The first-order chi connectivity index (χ1) is 36.9. The van der Waals surface area contributed by atoms with Crippen molar-refractivity contribution in [3.63, 3.8) is 0 Å². The molecule has 0 fully saturated rings. The second-order valence-electron chi connectivity index (χ2n) is 24.6. The van der Waals surface area contributed by atoms with Gasteiger partial charge in [0.1, 0.15) is 0 Å². The summed E-state index contributed by atoms with van der Waals surface area (Å²) in [4.78, 5) is 5.19. The highest BCUT2D eigenvalue weighted by molar-refractivity contribution is 6.93. The minimum atomic E-state index is -0.0875. The van der Waals surface area contributed by atoms with Crippen LogP contribution in [-0.4, -0.2) is 22.7 Å². The molecule has 0 atom stereocenters. The van der Waals surface area contributed by atoms with Crippen LogP contribution in [0, 0.1) is 0 Å². The first-order valence-electron chi connectivity index (χ1n) is 28.3. The third-order valence-electron chi connectivity index (χ3n) is 17.9. The van der Waals surface area contributed by atoms with Crippen LogP contribution in [0.1, 0.15) is 103 Å². The van der Waals surface area contributed by atoms with Gasteiger partial charge in [-0.3, -0.25) is 0 Å². The lowest BCUT2D eigenvalue weighted by Crippen LogP contribution is -2.61. The Kier molecular flexibility index (Phi) is 9.86. The highest BCUT2D eigenvalue weighted by Gasteiger charge is 2.48. The van der Waals surface area contributed by atoms with Gasteiger partial charge in [0.05, 0.1) is 0 Å². The van der Waals surface area contributed by atoms with E-state index in [1.54, 1.807) is 0 Å². The molecule has 6 heteroatoms. The summed E-state index contributed by atoms with van der Waals surface area (Å²) < 4.78 is 5.55. The fraction of sp³-hybridized carbons (Fsp3) is 0.229. The van der Waals surface area contributed by atoms with Crippen LogP contribution in [0.15, 0.2) is 170 Å². The Labute approximate surface area is 448 Å². The summed E-state index contributed by atoms with van der Waals surface area (Å²) in [5.41, 5.74) is 29.0. The number of nitrogens with zero attached hydrogens (tertiary/aromatic N) is 4. The van der Waals surface area contributed by atoms with Crippen molar-refractivity contribution < 1.29 is 0 Å². The number of anilines is 6. The molecular formula is C70H64B2N4. The maximum atomic E-state index is 2.78. The minimum Gasteiger partial charge on any atom is -0.375 e. The zero-order valence-electron chi connectivity index (χ0n) is 45.4. The zero-order chi connectivity index (χ0) is 51.5. The Hall–Kier alpha value is -7.69. The molecule has 4 aliphatic heterocycles. The molecular weight excluding hydrogens is 918 g/mol. The summed E-state index contributed by atoms with van der Waals surface area (Å²) >= 11 is 0. The fourth-order valence-electron chi connectivity index (χ4n) is 14.2. The molecule has 0 unspecified atom stereocenters. The third-order valence-corrected chi connectivity index (χ3v) is 17.9. The summed E-state index contributed by atoms with van der Waals surface area (Å²) in [6.07, 6.45) is 6.82. The van der Waals surface area contributed by atoms with Gasteiger partial charge in [-0.1, -0.05) is 147 Å². The van der Waals surface area contributed by atoms with Crippen molar-refractivity contribution in [2.45, 2.75) is 105 Å². The zero-order valence-corrected chi connectivity index (χ0v) is 45.4. The van der Waals surface area contributed by atoms with Gasteiger partial charge in [-0.15, -0.1) is 0 Å². The molecule has 4 aliphatic rings. The number of unbranched alkanes of at least 4 members (excludes halogenated alkanes) is 2. The van der Waals surface area contributed by atoms with Crippen LogP contribution in [0.4, 0.5) is 34.1 Å². The van der Waals surface area contributed by atoms with E-state index >= 15 is 0 Å². The quantitative estimate of drug-likeness (QED) is 0.141. The Morgan fingerprint density at radius 1 is 0.382 bits per heavy atom. The number of rotatable bonds is 8. The van der Waals surface area contributed by atoms with Crippen LogP contribution in [0.25, 0.3) is 65.9 Å². The largest absolute Gasteiger partial charge is 0.375 e. The molecule has 370 valence electrons. The smallest absolute Gasteiger partial charge is 0.333 e. The molecule has 0 spiro atoms. The van der Waals surface area contributed by atoms with Crippen LogP contribution in [0.3, 0.4) is 0 Å². The molecule has 2 aromatic heterocycles. The van der Waals surface area contributed by atoms with E-state index in [2.05, 4.69) is 244 Å². The second-order valence-corrected chi connectivity index (χ2v) is 24.6. The van der Waals surface area contributed by atoms with Gasteiger partial charge < -0.3 is 18.8 Å². The van der Waals surface area contributed by atoms with Crippen LogP contribution >= 0.6 is 0 Å². The van der Waals surface area contributed by atoms with E-state index in [1.165, 1.54) is 170 Å². The molecule has 0 radical (unpaired) electrons. The monoisotopic (exact) mass is 983 g/mol. The number of aryl methyl sites for hydroxylation is 2. The van der Waals surface area contributed by atoms with Crippen molar-refractivity contribution in [3.8, 4) is 22.3 Å². The maximum absolute atomic E-state index is 2.78. The highest BCUT2D eigenvalue weighted by Crippen LogP contribution is 2.50. The molecule has 0 amide bonds. The van der Waals surface area contributed by atoms with Crippen LogP contribution in [-0.2, 0) is 23.7 Å². The minimum absolute atomic E-state index is 0.00604. The van der Waals surface area contributed by atoms with Gasteiger partial charge in [0, 0.05) is 88.9 Å². The van der Waals surface area contributed by atoms with Crippen molar-refractivity contribution in [1.82, 2.24) is 8.96 Å². The summed E-state index contributed by atoms with van der Waals surface area (Å²) in [7, 11) is 0. The van der Waals surface area contributed by atoms with Crippen molar-refractivity contribution in [3.05, 3.63) is 192 Å². The number of aromatic nitrogens is 2. The summed E-state index contributed by atoms with van der Waals surface area (Å²) in [6.45, 7) is 18.6. The van der Waals surface area contributed by atoms with Crippen molar-refractivity contribution in [1.29, 1.82) is 0 Å². The van der Waals surface area contributed by atoms with E-state index in [4.69, 9.17) is 0 Å². The maximum Gasteiger partial charge on any atom is 0.333 e. The van der Waals surface area contributed by atoms with Crippen LogP contribution < -0.4 is 31.7 Å². The Morgan fingerprint density at radius 2 is 0.816 bits per heavy atom. The van der Waals surface area contributed by atoms with Gasteiger partial charge in [-0.2, -0.15) is 0 Å². The van der Waals surface area contributed by atoms with Gasteiger partial charge >= 0.3 is 13.7 Å². The number of benzene rings is 9. The number of hydrogen-bond donors (Lipinski definition) is 0. The SMILES string of the molecule is CCCCc1cc2c3c(c1)c1cc(C(C)(C)C)ccc1n3B1c3cc4c(cc3N(c3ccccc3)c3cccc-2c31)N(c1ccccc1)c1cccc2c1B4n1c3ccc(C(C)(C)C)cc3c3cc(CCCC)cc-2c31. The Balaban J connectivity index is 1.09. The van der Waals surface area contributed by atoms with Crippen LogP contribution in [0.2, 0.25) is 0 Å². The lowest BCUT2D eigenvalue weighted by Gasteiger charge is -2.44. The second kappa shape index (κ2) is 16.4. The number of fused-ring (bicyclic) bond motifs is 14. The molecule has 0 bridgehead atoms. The van der Waals surface area contributed by atoms with Gasteiger partial charge in [-0.25, -0.2) is 0 Å². The van der Waals surface area contributed by atoms with Gasteiger partial charge in [0.25, 0.3) is 0 Å². The van der Waals surface area contributed by atoms with E-state index < -0.39 is 0 Å². The van der Waals surface area contributed by atoms with Crippen LogP contribution in [0.5, 0.6) is 0 Å².